The normalized spacial score (nSPS) is 39.2. The van der Waals surface area contributed by atoms with Gasteiger partial charge in [-0.1, -0.05) is 58.8 Å². The molecule has 14 atom stereocenters. The molecular formula is C46H76N2O11. The summed E-state index contributed by atoms with van der Waals surface area (Å²) in [7, 11) is 3.08. The van der Waals surface area contributed by atoms with Crippen LogP contribution in [0.5, 0.6) is 0 Å². The van der Waals surface area contributed by atoms with Gasteiger partial charge < -0.3 is 44.5 Å². The van der Waals surface area contributed by atoms with E-state index in [2.05, 4.69) is 19.9 Å². The van der Waals surface area contributed by atoms with Crippen molar-refractivity contribution in [1.29, 1.82) is 0 Å². The van der Waals surface area contributed by atoms with Crippen molar-refractivity contribution in [2.45, 2.75) is 186 Å². The number of aliphatic hydroxyl groups excluding tert-OH is 1. The topological polar surface area (TPSA) is 184 Å². The standard InChI is InChI=1S/C46H76N2O11/c1-10-12-19-57-38-25-32(16-17-34(38)47)23-29(5)41-31(7)36(49)26-37(50)33(11-2)21-27(3)20-28(4)22-39(55-8)42-40(56-9)24-30(6)46(54,59-42)43(51)44(52)48-18-14-13-15-35(48)45(53)58-41/h21,23,28,30-36,38-42,49,54H,10-20,22,24-26,47H2,1-9H3. The number of rotatable bonds is 9. The highest BCUT2D eigenvalue weighted by Gasteiger charge is 2.56. The van der Waals surface area contributed by atoms with E-state index in [-0.39, 0.29) is 55.6 Å². The van der Waals surface area contributed by atoms with Crippen molar-refractivity contribution in [2.24, 2.45) is 35.3 Å². The van der Waals surface area contributed by atoms with Gasteiger partial charge in [0.2, 0.25) is 5.79 Å². The first-order chi connectivity index (χ1) is 28.0. The SMILES string of the molecule is CCCCOC1CC(C=C(C)C2OC(=O)C3CCCCN3C(=O)C(=O)C3(O)OC(C(OC)CC(C)CC(C)=CC(CC)C(=O)CC(O)C2C)C(OC)CC3C)CCC1N. The number of carbonyl (C=O) groups is 4. The number of hydrogen-bond acceptors (Lipinski definition) is 12. The number of carbonyl (C=O) groups excluding carboxylic acids is 4. The molecule has 4 N–H and O–H groups in total. The number of ether oxygens (including phenoxy) is 5. The molecule has 0 aromatic rings. The minimum Gasteiger partial charge on any atom is -0.456 e. The van der Waals surface area contributed by atoms with Crippen molar-refractivity contribution < 1.29 is 53.1 Å². The second kappa shape index (κ2) is 22.5. The Kier molecular flexibility index (Phi) is 18.8. The van der Waals surface area contributed by atoms with Crippen LogP contribution in [0.4, 0.5) is 0 Å². The lowest BCUT2D eigenvalue weighted by Crippen LogP contribution is -2.64. The number of ketones is 2. The van der Waals surface area contributed by atoms with Crippen molar-refractivity contribution in [2.75, 3.05) is 27.4 Å². The first-order valence-corrected chi connectivity index (χ1v) is 22.4. The van der Waals surface area contributed by atoms with E-state index in [0.29, 0.717) is 45.1 Å². The van der Waals surface area contributed by atoms with Crippen LogP contribution in [0.3, 0.4) is 0 Å². The molecule has 13 heteroatoms. The Morgan fingerprint density at radius 1 is 0.983 bits per heavy atom. The Morgan fingerprint density at radius 2 is 1.68 bits per heavy atom. The van der Waals surface area contributed by atoms with Crippen LogP contribution < -0.4 is 5.73 Å². The number of amides is 1. The average molecular weight is 833 g/mol. The van der Waals surface area contributed by atoms with E-state index in [1.54, 1.807) is 21.0 Å². The van der Waals surface area contributed by atoms with Crippen molar-refractivity contribution in [3.05, 3.63) is 23.3 Å². The van der Waals surface area contributed by atoms with Crippen molar-refractivity contribution in [3.63, 3.8) is 0 Å². The van der Waals surface area contributed by atoms with E-state index in [1.165, 1.54) is 12.0 Å². The minimum absolute atomic E-state index is 0.0419. The van der Waals surface area contributed by atoms with Crippen molar-refractivity contribution in [3.8, 4) is 0 Å². The summed E-state index contributed by atoms with van der Waals surface area (Å²) in [6.45, 7) is 14.1. The summed E-state index contributed by atoms with van der Waals surface area (Å²) in [5, 5.41) is 23.8. The molecule has 0 aromatic heterocycles. The Morgan fingerprint density at radius 3 is 2.34 bits per heavy atom. The maximum absolute atomic E-state index is 14.4. The number of nitrogens with zero attached hydrogens (tertiary/aromatic N) is 1. The fraction of sp³-hybridized carbons (Fsp3) is 0.826. The summed E-state index contributed by atoms with van der Waals surface area (Å²) < 4.78 is 30.5. The zero-order valence-electron chi connectivity index (χ0n) is 37.4. The van der Waals surface area contributed by atoms with Crippen LogP contribution in [0, 0.1) is 29.6 Å². The van der Waals surface area contributed by atoms with Gasteiger partial charge >= 0.3 is 5.97 Å². The number of unbranched alkanes of at least 4 members (excludes halogenated alkanes) is 1. The fourth-order valence-corrected chi connectivity index (χ4v) is 9.75. The van der Waals surface area contributed by atoms with Crippen molar-refractivity contribution in [1.82, 2.24) is 4.90 Å². The molecule has 1 amide bonds. The Labute approximate surface area is 353 Å². The third-order valence-electron chi connectivity index (χ3n) is 13.5. The number of cyclic esters (lactones) is 1. The zero-order chi connectivity index (χ0) is 43.6. The van der Waals surface area contributed by atoms with Crippen LogP contribution in [0.25, 0.3) is 0 Å². The molecule has 1 saturated carbocycles. The molecule has 0 radical (unpaired) electrons. The molecule has 59 heavy (non-hydrogen) atoms. The van der Waals surface area contributed by atoms with Crippen LogP contribution in [0.15, 0.2) is 23.3 Å². The van der Waals surface area contributed by atoms with E-state index in [4.69, 9.17) is 29.4 Å². The number of piperidine rings is 1. The van der Waals surface area contributed by atoms with Gasteiger partial charge in [0, 0.05) is 57.6 Å². The molecule has 0 spiro atoms. The number of allylic oxidation sites excluding steroid dienone is 3. The smallest absolute Gasteiger partial charge is 0.329 e. The lowest BCUT2D eigenvalue weighted by molar-refractivity contribution is -0.302. The van der Waals surface area contributed by atoms with Crippen LogP contribution in [0.1, 0.15) is 132 Å². The van der Waals surface area contributed by atoms with Crippen LogP contribution in [0.2, 0.25) is 0 Å². The largest absolute Gasteiger partial charge is 0.456 e. The highest BCUT2D eigenvalue weighted by atomic mass is 16.7. The molecule has 4 aliphatic rings. The molecule has 2 bridgehead atoms. The van der Waals surface area contributed by atoms with Gasteiger partial charge in [-0.2, -0.15) is 0 Å². The first kappa shape index (κ1) is 49.1. The highest BCUT2D eigenvalue weighted by molar-refractivity contribution is 6.39. The lowest BCUT2D eigenvalue weighted by atomic mass is 9.81. The van der Waals surface area contributed by atoms with Gasteiger partial charge in [-0.05, 0) is 102 Å². The van der Waals surface area contributed by atoms with E-state index in [1.807, 2.05) is 26.8 Å². The number of Topliss-reactive ketones (excluding diaryl/α,β-unsaturated/α-hetero) is 2. The number of hydrogen-bond donors (Lipinski definition) is 3. The van der Waals surface area contributed by atoms with Gasteiger partial charge in [-0.3, -0.25) is 14.4 Å². The Bertz CT molecular complexity index is 1480. The van der Waals surface area contributed by atoms with Crippen LogP contribution in [-0.4, -0.2) is 120 Å². The van der Waals surface area contributed by atoms with E-state index in [9.17, 15) is 29.4 Å². The summed E-state index contributed by atoms with van der Waals surface area (Å²) in [5.74, 6) is -7.29. The van der Waals surface area contributed by atoms with E-state index in [0.717, 1.165) is 36.8 Å². The van der Waals surface area contributed by atoms with Gasteiger partial charge in [0.1, 0.15) is 24.0 Å². The summed E-state index contributed by atoms with van der Waals surface area (Å²) in [5.41, 5.74) is 8.19. The molecule has 0 aromatic carbocycles. The molecule has 2 saturated heterocycles. The molecule has 14 unspecified atom stereocenters. The van der Waals surface area contributed by atoms with Crippen LogP contribution in [-0.2, 0) is 42.9 Å². The maximum atomic E-state index is 14.4. The quantitative estimate of drug-likeness (QED) is 0.113. The summed E-state index contributed by atoms with van der Waals surface area (Å²) in [4.78, 5) is 58.0. The summed E-state index contributed by atoms with van der Waals surface area (Å²) in [6.07, 6.45) is 7.28. The molecule has 336 valence electrons. The van der Waals surface area contributed by atoms with Gasteiger partial charge in [0.05, 0.1) is 24.4 Å². The predicted octanol–water partition coefficient (Wildman–Crippen LogP) is 5.61. The fourth-order valence-electron chi connectivity index (χ4n) is 9.75. The number of nitrogens with two attached hydrogens (primary N) is 1. The molecule has 3 heterocycles. The third kappa shape index (κ3) is 12.3. The predicted molar refractivity (Wildman–Crippen MR) is 224 cm³/mol. The second-order valence-corrected chi connectivity index (χ2v) is 18.2. The van der Waals surface area contributed by atoms with Gasteiger partial charge in [-0.15, -0.1) is 0 Å². The Hall–Kier alpha value is -2.52. The average Bonchev–Trinajstić information content (AvgIpc) is 3.21. The minimum atomic E-state index is -2.49. The lowest BCUT2D eigenvalue weighted by Gasteiger charge is -2.47. The number of aliphatic hydroxyl groups is 2. The number of esters is 1. The molecule has 3 aliphatic heterocycles. The van der Waals surface area contributed by atoms with E-state index >= 15 is 0 Å². The van der Waals surface area contributed by atoms with Gasteiger partial charge in [-0.25, -0.2) is 4.79 Å². The molecule has 1 aliphatic carbocycles. The molecule has 4 rings (SSSR count). The monoisotopic (exact) mass is 833 g/mol. The maximum Gasteiger partial charge on any atom is 0.329 e. The second-order valence-electron chi connectivity index (χ2n) is 18.2. The molecule has 3 fully saturated rings. The molecular weight excluding hydrogens is 757 g/mol. The number of methoxy groups -OCH3 is 2. The highest BCUT2D eigenvalue weighted by Crippen LogP contribution is 2.39. The first-order valence-electron chi connectivity index (χ1n) is 22.4. The van der Waals surface area contributed by atoms with Gasteiger partial charge in [0.25, 0.3) is 11.7 Å². The van der Waals surface area contributed by atoms with E-state index < -0.39 is 77.8 Å². The Balaban J connectivity index is 1.74. The van der Waals surface area contributed by atoms with Crippen LogP contribution >= 0.6 is 0 Å². The zero-order valence-corrected chi connectivity index (χ0v) is 37.4. The molecule has 13 nitrogen and oxygen atoms in total. The van der Waals surface area contributed by atoms with Crippen molar-refractivity contribution >= 4 is 23.4 Å². The summed E-state index contributed by atoms with van der Waals surface area (Å²) >= 11 is 0. The van der Waals surface area contributed by atoms with Gasteiger partial charge in [0.15, 0.2) is 0 Å². The number of fused-ring (bicyclic) bond motifs is 3. The summed E-state index contributed by atoms with van der Waals surface area (Å²) in [6, 6.07) is -1.19. The third-order valence-corrected chi connectivity index (χ3v) is 13.5.